The highest BCUT2D eigenvalue weighted by Crippen LogP contribution is 2.14. The summed E-state index contributed by atoms with van der Waals surface area (Å²) in [5, 5.41) is 3.38. The summed E-state index contributed by atoms with van der Waals surface area (Å²) >= 11 is 3.42. The van der Waals surface area contributed by atoms with Gasteiger partial charge in [-0.25, -0.2) is 4.98 Å². The summed E-state index contributed by atoms with van der Waals surface area (Å²) < 4.78 is 1.07. The minimum absolute atomic E-state index is 0.529. The number of nitrogens with one attached hydrogen (secondary N) is 1. The highest BCUT2D eigenvalue weighted by Gasteiger charge is 2.03. The molecule has 0 radical (unpaired) electrons. The third kappa shape index (κ3) is 3.35. The Morgan fingerprint density at radius 2 is 2.15 bits per heavy atom. The third-order valence-corrected chi connectivity index (χ3v) is 2.55. The Morgan fingerprint density at radius 3 is 2.69 bits per heavy atom. The quantitative estimate of drug-likeness (QED) is 0.876. The second kappa shape index (κ2) is 5.22. The maximum Gasteiger partial charge on any atom is 0.127 e. The largest absolute Gasteiger partial charge is 0.367 e. The Hall–Kier alpha value is -0.570. The second-order valence-electron chi connectivity index (χ2n) is 3.02. The van der Waals surface area contributed by atoms with Gasteiger partial charge in [0, 0.05) is 16.7 Å². The van der Waals surface area contributed by atoms with Gasteiger partial charge in [-0.3, -0.25) is 0 Å². The number of anilines is 1. The molecule has 0 aromatic carbocycles. The van der Waals surface area contributed by atoms with Crippen LogP contribution in [-0.4, -0.2) is 11.0 Å². The van der Waals surface area contributed by atoms with E-state index in [0.717, 1.165) is 23.1 Å². The summed E-state index contributed by atoms with van der Waals surface area (Å²) in [6, 6.07) is 4.46. The Kier molecular flexibility index (Phi) is 4.22. The molecule has 0 unspecified atom stereocenters. The Balaban J connectivity index is 2.62. The highest BCUT2D eigenvalue weighted by molar-refractivity contribution is 9.10. The maximum absolute atomic E-state index is 4.23. The number of pyridine rings is 1. The normalized spacial score (nSPS) is 10.5. The van der Waals surface area contributed by atoms with E-state index in [1.54, 1.807) is 6.20 Å². The van der Waals surface area contributed by atoms with Gasteiger partial charge in [0.15, 0.2) is 0 Å². The van der Waals surface area contributed by atoms with E-state index >= 15 is 0 Å². The molecule has 13 heavy (non-hydrogen) atoms. The summed E-state index contributed by atoms with van der Waals surface area (Å²) in [5.74, 6) is 0.947. The van der Waals surface area contributed by atoms with Crippen molar-refractivity contribution in [3.8, 4) is 0 Å². The van der Waals surface area contributed by atoms with Crippen LogP contribution in [0.4, 0.5) is 5.82 Å². The van der Waals surface area contributed by atoms with Gasteiger partial charge in [0.1, 0.15) is 5.82 Å². The summed E-state index contributed by atoms with van der Waals surface area (Å²) in [4.78, 5) is 4.23. The molecule has 1 heterocycles. The fourth-order valence-corrected chi connectivity index (χ4v) is 1.52. The Morgan fingerprint density at radius 1 is 1.46 bits per heavy atom. The van der Waals surface area contributed by atoms with Crippen molar-refractivity contribution in [2.24, 2.45) is 0 Å². The van der Waals surface area contributed by atoms with Crippen molar-refractivity contribution < 1.29 is 0 Å². The molecule has 0 aliphatic rings. The van der Waals surface area contributed by atoms with Crippen molar-refractivity contribution in [1.29, 1.82) is 0 Å². The Labute approximate surface area is 87.9 Å². The number of halogens is 1. The van der Waals surface area contributed by atoms with Crippen LogP contribution >= 0.6 is 15.9 Å². The van der Waals surface area contributed by atoms with Gasteiger partial charge in [-0.15, -0.1) is 0 Å². The van der Waals surface area contributed by atoms with Crippen LogP contribution in [0.2, 0.25) is 0 Å². The lowest BCUT2D eigenvalue weighted by molar-refractivity contribution is 0.668. The standard InChI is InChI=1S/C10H15BrN2/c1-3-9(4-2)13-10-7-8(11)5-6-12-10/h5-7,9H,3-4H2,1-2H3,(H,12,13). The van der Waals surface area contributed by atoms with Gasteiger partial charge in [0.25, 0.3) is 0 Å². The summed E-state index contributed by atoms with van der Waals surface area (Å²) in [6.07, 6.45) is 4.06. The molecule has 0 spiro atoms. The molecule has 1 aromatic heterocycles. The number of aromatic nitrogens is 1. The molecule has 0 aliphatic heterocycles. The van der Waals surface area contributed by atoms with Gasteiger partial charge in [0.2, 0.25) is 0 Å². The SMILES string of the molecule is CCC(CC)Nc1cc(Br)ccn1. The average molecular weight is 243 g/mol. The predicted molar refractivity (Wildman–Crippen MR) is 59.9 cm³/mol. The zero-order chi connectivity index (χ0) is 9.68. The van der Waals surface area contributed by atoms with Crippen molar-refractivity contribution in [1.82, 2.24) is 4.98 Å². The molecule has 0 bridgehead atoms. The van der Waals surface area contributed by atoms with Crippen LogP contribution < -0.4 is 5.32 Å². The fraction of sp³-hybridized carbons (Fsp3) is 0.500. The molecule has 1 aromatic rings. The molecule has 1 rings (SSSR count). The van der Waals surface area contributed by atoms with Crippen LogP contribution in [0.1, 0.15) is 26.7 Å². The highest BCUT2D eigenvalue weighted by atomic mass is 79.9. The molecule has 0 atom stereocenters. The van der Waals surface area contributed by atoms with E-state index in [9.17, 15) is 0 Å². The summed E-state index contributed by atoms with van der Waals surface area (Å²) in [6.45, 7) is 4.36. The van der Waals surface area contributed by atoms with Gasteiger partial charge in [0.05, 0.1) is 0 Å². The molecule has 1 N–H and O–H groups in total. The van der Waals surface area contributed by atoms with Crippen LogP contribution in [-0.2, 0) is 0 Å². The van der Waals surface area contributed by atoms with E-state index in [1.807, 2.05) is 12.1 Å². The predicted octanol–water partition coefficient (Wildman–Crippen LogP) is 3.44. The lowest BCUT2D eigenvalue weighted by atomic mass is 10.2. The zero-order valence-electron chi connectivity index (χ0n) is 8.05. The lowest BCUT2D eigenvalue weighted by Gasteiger charge is -2.15. The van der Waals surface area contributed by atoms with Gasteiger partial charge in [-0.05, 0) is 25.0 Å². The second-order valence-corrected chi connectivity index (χ2v) is 3.93. The first-order valence-electron chi connectivity index (χ1n) is 4.64. The molecule has 0 aliphatic carbocycles. The first-order chi connectivity index (χ1) is 6.26. The van der Waals surface area contributed by atoms with Crippen LogP contribution in [0, 0.1) is 0 Å². The minimum Gasteiger partial charge on any atom is -0.367 e. The van der Waals surface area contributed by atoms with Gasteiger partial charge >= 0.3 is 0 Å². The maximum atomic E-state index is 4.23. The van der Waals surface area contributed by atoms with E-state index in [0.29, 0.717) is 6.04 Å². The topological polar surface area (TPSA) is 24.9 Å². The monoisotopic (exact) mass is 242 g/mol. The molecular weight excluding hydrogens is 228 g/mol. The molecule has 2 nitrogen and oxygen atoms in total. The van der Waals surface area contributed by atoms with Gasteiger partial charge < -0.3 is 5.32 Å². The van der Waals surface area contributed by atoms with Crippen molar-refractivity contribution in [3.05, 3.63) is 22.8 Å². The van der Waals surface area contributed by atoms with Crippen LogP contribution in [0.3, 0.4) is 0 Å². The van der Waals surface area contributed by atoms with Crippen LogP contribution in [0.5, 0.6) is 0 Å². The first kappa shape index (κ1) is 10.5. The van der Waals surface area contributed by atoms with E-state index in [4.69, 9.17) is 0 Å². The van der Waals surface area contributed by atoms with E-state index in [-0.39, 0.29) is 0 Å². The van der Waals surface area contributed by atoms with Crippen molar-refractivity contribution in [2.75, 3.05) is 5.32 Å². The van der Waals surface area contributed by atoms with Crippen molar-refractivity contribution in [2.45, 2.75) is 32.7 Å². The van der Waals surface area contributed by atoms with Gasteiger partial charge in [-0.1, -0.05) is 29.8 Å². The average Bonchev–Trinajstić information content (AvgIpc) is 2.14. The number of hydrogen-bond acceptors (Lipinski definition) is 2. The van der Waals surface area contributed by atoms with Crippen molar-refractivity contribution in [3.63, 3.8) is 0 Å². The number of hydrogen-bond donors (Lipinski definition) is 1. The van der Waals surface area contributed by atoms with E-state index in [2.05, 4.69) is 40.1 Å². The number of nitrogens with zero attached hydrogens (tertiary/aromatic N) is 1. The molecule has 72 valence electrons. The molecule has 0 saturated carbocycles. The fourth-order valence-electron chi connectivity index (χ4n) is 1.19. The van der Waals surface area contributed by atoms with Crippen LogP contribution in [0.25, 0.3) is 0 Å². The molecule has 0 amide bonds. The lowest BCUT2D eigenvalue weighted by Crippen LogP contribution is -2.17. The zero-order valence-corrected chi connectivity index (χ0v) is 9.63. The van der Waals surface area contributed by atoms with Gasteiger partial charge in [-0.2, -0.15) is 0 Å². The summed E-state index contributed by atoms with van der Waals surface area (Å²) in [5.41, 5.74) is 0. The molecule has 0 saturated heterocycles. The number of rotatable bonds is 4. The molecule has 3 heteroatoms. The minimum atomic E-state index is 0.529. The third-order valence-electron chi connectivity index (χ3n) is 2.06. The smallest absolute Gasteiger partial charge is 0.127 e. The molecule has 0 fully saturated rings. The van der Waals surface area contributed by atoms with Crippen molar-refractivity contribution >= 4 is 21.7 Å². The molecular formula is C10H15BrN2. The summed E-state index contributed by atoms with van der Waals surface area (Å²) in [7, 11) is 0. The first-order valence-corrected chi connectivity index (χ1v) is 5.43. The Bertz CT molecular complexity index is 259. The van der Waals surface area contributed by atoms with E-state index < -0.39 is 0 Å². The van der Waals surface area contributed by atoms with Crippen LogP contribution in [0.15, 0.2) is 22.8 Å². The van der Waals surface area contributed by atoms with E-state index in [1.165, 1.54) is 0 Å².